The maximum Gasteiger partial charge on any atom is 0.248 e. The van der Waals surface area contributed by atoms with Crippen LogP contribution >= 0.6 is 0 Å². The molecule has 29 heavy (non-hydrogen) atoms. The Hall–Kier alpha value is -3.22. The highest BCUT2D eigenvalue weighted by Crippen LogP contribution is 2.30. The number of primary amides is 1. The number of nitrogens with one attached hydrogen (secondary N) is 2. The Morgan fingerprint density at radius 1 is 1.10 bits per heavy atom. The number of carbonyl (C=O) groups excluding carboxylic acids is 1. The monoisotopic (exact) mass is 398 g/mol. The van der Waals surface area contributed by atoms with E-state index >= 15 is 0 Å². The van der Waals surface area contributed by atoms with Crippen LogP contribution in [0.25, 0.3) is 0 Å². The Morgan fingerprint density at radius 3 is 2.48 bits per heavy atom. The molecule has 1 atom stereocenters. The van der Waals surface area contributed by atoms with Crippen molar-refractivity contribution in [2.24, 2.45) is 10.7 Å². The fraction of sp³-hybridized carbons (Fsp3) is 0.364. The van der Waals surface area contributed by atoms with E-state index in [-0.39, 0.29) is 6.04 Å². The minimum absolute atomic E-state index is 0.00645. The van der Waals surface area contributed by atoms with Gasteiger partial charge in [0, 0.05) is 19.2 Å². The summed E-state index contributed by atoms with van der Waals surface area (Å²) in [5, 5.41) is 6.62. The summed E-state index contributed by atoms with van der Waals surface area (Å²) in [5.41, 5.74) is 7.82. The maximum atomic E-state index is 11.3. The van der Waals surface area contributed by atoms with Crippen LogP contribution in [0, 0.1) is 0 Å². The lowest BCUT2D eigenvalue weighted by molar-refractivity contribution is 0.1000. The lowest BCUT2D eigenvalue weighted by Crippen LogP contribution is -2.38. The summed E-state index contributed by atoms with van der Waals surface area (Å²) >= 11 is 0. The van der Waals surface area contributed by atoms with Crippen molar-refractivity contribution in [2.45, 2.75) is 33.4 Å². The van der Waals surface area contributed by atoms with E-state index in [0.29, 0.717) is 31.3 Å². The summed E-state index contributed by atoms with van der Waals surface area (Å²) in [6, 6.07) is 13.1. The molecule has 1 amide bonds. The number of ether oxygens (including phenoxy) is 2. The van der Waals surface area contributed by atoms with Crippen LogP contribution < -0.4 is 25.8 Å². The third-order valence-corrected chi connectivity index (χ3v) is 4.32. The van der Waals surface area contributed by atoms with Gasteiger partial charge in [-0.15, -0.1) is 0 Å². The van der Waals surface area contributed by atoms with Crippen LogP contribution in [0.4, 0.5) is 0 Å². The Balaban J connectivity index is 2.04. The maximum absolute atomic E-state index is 11.3. The molecule has 7 nitrogen and oxygen atoms in total. The van der Waals surface area contributed by atoms with Crippen LogP contribution in [-0.2, 0) is 6.54 Å². The fourth-order valence-corrected chi connectivity index (χ4v) is 2.84. The summed E-state index contributed by atoms with van der Waals surface area (Å²) in [5.74, 6) is 1.67. The number of carbonyl (C=O) groups is 1. The number of amides is 1. The van der Waals surface area contributed by atoms with Gasteiger partial charge in [0.1, 0.15) is 0 Å². The van der Waals surface area contributed by atoms with Crippen molar-refractivity contribution in [2.75, 3.05) is 20.3 Å². The minimum atomic E-state index is -0.441. The number of hydrogen-bond donors (Lipinski definition) is 3. The first-order valence-electron chi connectivity index (χ1n) is 9.73. The highest BCUT2D eigenvalue weighted by molar-refractivity contribution is 5.92. The molecular weight excluding hydrogens is 368 g/mol. The molecule has 7 heteroatoms. The molecule has 0 aliphatic heterocycles. The van der Waals surface area contributed by atoms with Crippen molar-refractivity contribution in [3.63, 3.8) is 0 Å². The van der Waals surface area contributed by atoms with Gasteiger partial charge in [-0.05, 0) is 56.2 Å². The zero-order valence-electron chi connectivity index (χ0n) is 17.5. The fourth-order valence-electron chi connectivity index (χ4n) is 2.84. The lowest BCUT2D eigenvalue weighted by Gasteiger charge is -2.20. The minimum Gasteiger partial charge on any atom is -0.490 e. The molecule has 156 valence electrons. The normalized spacial score (nSPS) is 12.2. The highest BCUT2D eigenvalue weighted by Gasteiger charge is 2.12. The summed E-state index contributed by atoms with van der Waals surface area (Å²) < 4.78 is 11.3. The van der Waals surface area contributed by atoms with Crippen LogP contribution in [0.3, 0.4) is 0 Å². The number of rotatable bonds is 9. The first-order chi connectivity index (χ1) is 14.0. The number of nitrogens with zero attached hydrogens (tertiary/aromatic N) is 1. The van der Waals surface area contributed by atoms with Crippen LogP contribution in [0.5, 0.6) is 11.5 Å². The number of hydrogen-bond acceptors (Lipinski definition) is 4. The molecule has 4 N–H and O–H groups in total. The molecule has 2 rings (SSSR count). The van der Waals surface area contributed by atoms with E-state index in [4.69, 9.17) is 15.2 Å². The third kappa shape index (κ3) is 6.41. The van der Waals surface area contributed by atoms with Crippen LogP contribution in [0.2, 0.25) is 0 Å². The second-order valence-corrected chi connectivity index (χ2v) is 6.43. The first-order valence-corrected chi connectivity index (χ1v) is 9.73. The predicted molar refractivity (Wildman–Crippen MR) is 115 cm³/mol. The van der Waals surface area contributed by atoms with Crippen molar-refractivity contribution in [1.82, 2.24) is 10.6 Å². The smallest absolute Gasteiger partial charge is 0.248 e. The van der Waals surface area contributed by atoms with Crippen molar-refractivity contribution in [3.05, 3.63) is 59.2 Å². The predicted octanol–water partition coefficient (Wildman–Crippen LogP) is 3.01. The Morgan fingerprint density at radius 2 is 1.83 bits per heavy atom. The first kappa shape index (κ1) is 22.1. The molecular formula is C22H30N4O3. The Bertz CT molecular complexity index is 852. The molecule has 0 saturated heterocycles. The number of guanidine groups is 1. The Kier molecular flexibility index (Phi) is 8.33. The van der Waals surface area contributed by atoms with E-state index in [9.17, 15) is 4.79 Å². The van der Waals surface area contributed by atoms with Gasteiger partial charge >= 0.3 is 0 Å². The van der Waals surface area contributed by atoms with Gasteiger partial charge in [-0.1, -0.05) is 18.2 Å². The van der Waals surface area contributed by atoms with Crippen molar-refractivity contribution in [3.8, 4) is 11.5 Å². The average molecular weight is 399 g/mol. The molecule has 2 aromatic rings. The summed E-state index contributed by atoms with van der Waals surface area (Å²) in [4.78, 5) is 15.6. The van der Waals surface area contributed by atoms with Gasteiger partial charge in [-0.2, -0.15) is 0 Å². The number of nitrogens with two attached hydrogens (primary N) is 1. The standard InChI is InChI=1S/C22H30N4O3/c1-5-28-19-11-10-17(13-20(19)29-6-2)15(3)26-22(24-4)25-14-16-8-7-9-18(12-16)21(23)27/h7-13,15H,5-6,14H2,1-4H3,(H2,23,27)(H2,24,25,26). The average Bonchev–Trinajstić information content (AvgIpc) is 2.72. The van der Waals surface area contributed by atoms with Gasteiger partial charge in [-0.3, -0.25) is 9.79 Å². The molecule has 0 spiro atoms. The van der Waals surface area contributed by atoms with Crippen LogP contribution in [-0.4, -0.2) is 32.1 Å². The van der Waals surface area contributed by atoms with E-state index in [0.717, 1.165) is 22.6 Å². The number of aliphatic imine (C=N–C) groups is 1. The zero-order valence-corrected chi connectivity index (χ0v) is 17.5. The molecule has 0 fully saturated rings. The van der Waals surface area contributed by atoms with Gasteiger partial charge in [0.2, 0.25) is 5.91 Å². The van der Waals surface area contributed by atoms with E-state index in [1.807, 2.05) is 51.1 Å². The molecule has 1 unspecified atom stereocenters. The summed E-state index contributed by atoms with van der Waals surface area (Å²) in [7, 11) is 1.71. The second-order valence-electron chi connectivity index (χ2n) is 6.43. The molecule has 0 radical (unpaired) electrons. The molecule has 0 bridgehead atoms. The molecule has 0 aliphatic carbocycles. The van der Waals surface area contributed by atoms with E-state index < -0.39 is 5.91 Å². The van der Waals surface area contributed by atoms with Gasteiger partial charge in [0.15, 0.2) is 17.5 Å². The van der Waals surface area contributed by atoms with E-state index in [1.165, 1.54) is 0 Å². The topological polar surface area (TPSA) is 98.0 Å². The van der Waals surface area contributed by atoms with Crippen molar-refractivity contribution >= 4 is 11.9 Å². The molecule has 2 aromatic carbocycles. The van der Waals surface area contributed by atoms with E-state index in [1.54, 1.807) is 19.2 Å². The number of benzene rings is 2. The van der Waals surface area contributed by atoms with Gasteiger partial charge < -0.3 is 25.8 Å². The molecule has 0 aliphatic rings. The molecule has 0 aromatic heterocycles. The Labute approximate surface area is 172 Å². The van der Waals surface area contributed by atoms with Gasteiger partial charge in [0.05, 0.1) is 19.3 Å². The second kappa shape index (κ2) is 10.9. The largest absolute Gasteiger partial charge is 0.490 e. The van der Waals surface area contributed by atoms with Gasteiger partial charge in [-0.25, -0.2) is 0 Å². The molecule has 0 heterocycles. The van der Waals surface area contributed by atoms with Crippen LogP contribution in [0.15, 0.2) is 47.5 Å². The highest BCUT2D eigenvalue weighted by atomic mass is 16.5. The van der Waals surface area contributed by atoms with Gasteiger partial charge in [0.25, 0.3) is 0 Å². The summed E-state index contributed by atoms with van der Waals surface area (Å²) in [6.45, 7) is 7.61. The van der Waals surface area contributed by atoms with E-state index in [2.05, 4.69) is 15.6 Å². The molecule has 0 saturated carbocycles. The van der Waals surface area contributed by atoms with Crippen LogP contribution in [0.1, 0.15) is 48.3 Å². The zero-order chi connectivity index (χ0) is 21.2. The SMILES string of the molecule is CCOc1ccc(C(C)NC(=NC)NCc2cccc(C(N)=O)c2)cc1OCC. The quantitative estimate of drug-likeness (QED) is 0.446. The third-order valence-electron chi connectivity index (χ3n) is 4.32. The summed E-state index contributed by atoms with van der Waals surface area (Å²) in [6.07, 6.45) is 0. The van der Waals surface area contributed by atoms with Crippen molar-refractivity contribution in [1.29, 1.82) is 0 Å². The van der Waals surface area contributed by atoms with Crippen molar-refractivity contribution < 1.29 is 14.3 Å². The lowest BCUT2D eigenvalue weighted by atomic mass is 10.1.